The first-order chi connectivity index (χ1) is 8.20. The molecule has 1 N–H and O–H groups in total. The molecule has 3 heteroatoms. The zero-order valence-electron chi connectivity index (χ0n) is 10.1. The van der Waals surface area contributed by atoms with Crippen LogP contribution in [0.1, 0.15) is 41.9 Å². The fraction of sp³-hybridized carbons (Fsp3) is 0.500. The van der Waals surface area contributed by atoms with E-state index in [0.717, 1.165) is 25.9 Å². The van der Waals surface area contributed by atoms with Crippen LogP contribution in [0.5, 0.6) is 0 Å². The molecule has 0 aromatic heterocycles. The van der Waals surface area contributed by atoms with Crippen LogP contribution in [0.3, 0.4) is 0 Å². The molecule has 0 aliphatic carbocycles. The second kappa shape index (κ2) is 5.41. The summed E-state index contributed by atoms with van der Waals surface area (Å²) in [6, 6.07) is 7.04. The van der Waals surface area contributed by atoms with Gasteiger partial charge in [-0.25, -0.2) is 4.39 Å². The minimum absolute atomic E-state index is 0.0387. The van der Waals surface area contributed by atoms with Gasteiger partial charge < -0.3 is 5.32 Å². The van der Waals surface area contributed by atoms with E-state index in [9.17, 15) is 9.18 Å². The van der Waals surface area contributed by atoms with Crippen LogP contribution < -0.4 is 5.32 Å². The Bertz CT molecular complexity index is 399. The third-order valence-electron chi connectivity index (χ3n) is 3.43. The Labute approximate surface area is 101 Å². The van der Waals surface area contributed by atoms with Crippen LogP contribution in [0.15, 0.2) is 24.3 Å². The number of Topliss-reactive ketones (excluding diaryl/α,β-unsaturated/α-hetero) is 1. The Hall–Kier alpha value is -1.22. The van der Waals surface area contributed by atoms with Crippen molar-refractivity contribution in [2.75, 3.05) is 13.1 Å². The molecule has 92 valence electrons. The second-order valence-corrected chi connectivity index (χ2v) is 4.63. The molecule has 1 aliphatic heterocycles. The third kappa shape index (κ3) is 2.72. The highest BCUT2D eigenvalue weighted by molar-refractivity contribution is 5.95. The Kier molecular flexibility index (Phi) is 3.89. The molecule has 1 aromatic carbocycles. The van der Waals surface area contributed by atoms with Gasteiger partial charge in [-0.1, -0.05) is 24.3 Å². The molecule has 0 radical (unpaired) electrons. The normalized spacial score (nSPS) is 18.9. The summed E-state index contributed by atoms with van der Waals surface area (Å²) in [6.45, 7) is 3.23. The van der Waals surface area contributed by atoms with Gasteiger partial charge in [0, 0.05) is 5.56 Å². The number of benzene rings is 1. The van der Waals surface area contributed by atoms with E-state index in [4.69, 9.17) is 0 Å². The summed E-state index contributed by atoms with van der Waals surface area (Å²) in [6.07, 6.45) is 0.665. The smallest absolute Gasteiger partial charge is 0.160 e. The first-order valence-electron chi connectivity index (χ1n) is 6.15. The van der Waals surface area contributed by atoms with Crippen molar-refractivity contribution in [1.82, 2.24) is 5.32 Å². The predicted molar refractivity (Wildman–Crippen MR) is 65.9 cm³/mol. The van der Waals surface area contributed by atoms with E-state index in [2.05, 4.69) is 5.32 Å². The summed E-state index contributed by atoms with van der Waals surface area (Å²) in [7, 11) is 0. The number of carbonyl (C=O) groups excluding carboxylic acids is 1. The third-order valence-corrected chi connectivity index (χ3v) is 3.43. The number of piperidine rings is 1. The zero-order valence-corrected chi connectivity index (χ0v) is 10.1. The van der Waals surface area contributed by atoms with Gasteiger partial charge in [-0.05, 0) is 44.3 Å². The molecule has 1 saturated heterocycles. The van der Waals surface area contributed by atoms with E-state index >= 15 is 0 Å². The molecule has 0 saturated carbocycles. The number of alkyl halides is 1. The average molecular weight is 235 g/mol. The minimum Gasteiger partial charge on any atom is -0.317 e. The Morgan fingerprint density at radius 1 is 1.35 bits per heavy atom. The maximum Gasteiger partial charge on any atom is 0.160 e. The number of hydrogen-bond acceptors (Lipinski definition) is 2. The van der Waals surface area contributed by atoms with Crippen molar-refractivity contribution < 1.29 is 9.18 Å². The van der Waals surface area contributed by atoms with Gasteiger partial charge in [0.05, 0.1) is 0 Å². The van der Waals surface area contributed by atoms with Crippen molar-refractivity contribution in [3.8, 4) is 0 Å². The second-order valence-electron chi connectivity index (χ2n) is 4.63. The molecule has 1 aromatic rings. The summed E-state index contributed by atoms with van der Waals surface area (Å²) in [5.74, 6) is -0.0195. The van der Waals surface area contributed by atoms with Gasteiger partial charge in [0.15, 0.2) is 5.78 Å². The minimum atomic E-state index is -1.02. The number of rotatable bonds is 3. The van der Waals surface area contributed by atoms with E-state index < -0.39 is 6.17 Å². The van der Waals surface area contributed by atoms with Crippen LogP contribution in [0.4, 0.5) is 4.39 Å². The predicted octanol–water partition coefficient (Wildman–Crippen LogP) is 2.90. The highest BCUT2D eigenvalue weighted by atomic mass is 19.1. The lowest BCUT2D eigenvalue weighted by Gasteiger charge is -2.26. The van der Waals surface area contributed by atoms with Gasteiger partial charge in [-0.3, -0.25) is 4.79 Å². The molecule has 0 spiro atoms. The number of nitrogens with one attached hydrogen (secondary N) is 1. The summed E-state index contributed by atoms with van der Waals surface area (Å²) in [5.41, 5.74) is 1.09. The molecule has 17 heavy (non-hydrogen) atoms. The van der Waals surface area contributed by atoms with E-state index in [-0.39, 0.29) is 11.7 Å². The molecular formula is C14H18FNO. The van der Waals surface area contributed by atoms with E-state index in [0.29, 0.717) is 11.1 Å². The van der Waals surface area contributed by atoms with Crippen LogP contribution in [0.25, 0.3) is 0 Å². The number of halogens is 1. The monoisotopic (exact) mass is 235 g/mol. The van der Waals surface area contributed by atoms with Gasteiger partial charge in [0.2, 0.25) is 0 Å². The number of hydrogen-bond donors (Lipinski definition) is 1. The van der Waals surface area contributed by atoms with Crippen molar-refractivity contribution in [3.05, 3.63) is 35.4 Å². The average Bonchev–Trinajstić information content (AvgIpc) is 2.39. The maximum absolute atomic E-state index is 14.5. The van der Waals surface area contributed by atoms with Gasteiger partial charge in [0.1, 0.15) is 6.17 Å². The Morgan fingerprint density at radius 2 is 2.00 bits per heavy atom. The number of carbonyl (C=O) groups is 1. The molecule has 2 rings (SSSR count). The first-order valence-corrected chi connectivity index (χ1v) is 6.15. The fourth-order valence-electron chi connectivity index (χ4n) is 2.45. The number of ketones is 1. The Balaban J connectivity index is 2.23. The standard InChI is InChI=1S/C14H18FNO/c1-10(17)12-4-2-3-5-13(12)14(15)11-6-8-16-9-7-11/h2-5,11,14,16H,6-9H2,1H3. The molecule has 1 aliphatic rings. The van der Waals surface area contributed by atoms with Crippen molar-refractivity contribution in [2.24, 2.45) is 5.92 Å². The van der Waals surface area contributed by atoms with Crippen LogP contribution in [-0.2, 0) is 0 Å². The van der Waals surface area contributed by atoms with Gasteiger partial charge in [-0.2, -0.15) is 0 Å². The summed E-state index contributed by atoms with van der Waals surface area (Å²) in [5, 5.41) is 3.22. The molecule has 1 atom stereocenters. The molecular weight excluding hydrogens is 217 g/mol. The quantitative estimate of drug-likeness (QED) is 0.816. The van der Waals surface area contributed by atoms with Crippen molar-refractivity contribution in [2.45, 2.75) is 25.9 Å². The van der Waals surface area contributed by atoms with Crippen molar-refractivity contribution in [3.63, 3.8) is 0 Å². The highest BCUT2D eigenvalue weighted by Gasteiger charge is 2.26. The highest BCUT2D eigenvalue weighted by Crippen LogP contribution is 2.34. The van der Waals surface area contributed by atoms with E-state index in [1.54, 1.807) is 24.3 Å². The lowest BCUT2D eigenvalue weighted by atomic mass is 9.86. The topological polar surface area (TPSA) is 29.1 Å². The van der Waals surface area contributed by atoms with Crippen molar-refractivity contribution >= 4 is 5.78 Å². The van der Waals surface area contributed by atoms with Crippen LogP contribution in [0, 0.1) is 5.92 Å². The summed E-state index contributed by atoms with van der Waals surface area (Å²) in [4.78, 5) is 11.5. The summed E-state index contributed by atoms with van der Waals surface area (Å²) >= 11 is 0. The maximum atomic E-state index is 14.5. The van der Waals surface area contributed by atoms with Crippen LogP contribution >= 0.6 is 0 Å². The molecule has 1 fully saturated rings. The molecule has 1 heterocycles. The van der Waals surface area contributed by atoms with Crippen LogP contribution in [-0.4, -0.2) is 18.9 Å². The van der Waals surface area contributed by atoms with Gasteiger partial charge >= 0.3 is 0 Å². The Morgan fingerprint density at radius 3 is 2.65 bits per heavy atom. The SMILES string of the molecule is CC(=O)c1ccccc1C(F)C1CCNCC1. The summed E-state index contributed by atoms with van der Waals surface area (Å²) < 4.78 is 14.5. The molecule has 0 amide bonds. The zero-order chi connectivity index (χ0) is 12.3. The molecule has 0 bridgehead atoms. The van der Waals surface area contributed by atoms with Crippen molar-refractivity contribution in [1.29, 1.82) is 0 Å². The lowest BCUT2D eigenvalue weighted by molar-refractivity contribution is 0.101. The van der Waals surface area contributed by atoms with Crippen LogP contribution in [0.2, 0.25) is 0 Å². The van der Waals surface area contributed by atoms with E-state index in [1.807, 2.05) is 0 Å². The largest absolute Gasteiger partial charge is 0.317 e. The van der Waals surface area contributed by atoms with Gasteiger partial charge in [0.25, 0.3) is 0 Å². The molecule has 1 unspecified atom stereocenters. The lowest BCUT2D eigenvalue weighted by Crippen LogP contribution is -2.30. The van der Waals surface area contributed by atoms with Gasteiger partial charge in [-0.15, -0.1) is 0 Å². The van der Waals surface area contributed by atoms with E-state index in [1.165, 1.54) is 6.92 Å². The first kappa shape index (κ1) is 12.2. The molecule has 2 nitrogen and oxygen atoms in total. The fourth-order valence-corrected chi connectivity index (χ4v) is 2.45.